The lowest BCUT2D eigenvalue weighted by molar-refractivity contribution is -0.0129. The van der Waals surface area contributed by atoms with Crippen LogP contribution in [-0.2, 0) is 4.74 Å². The first-order chi connectivity index (χ1) is 12.6. The Morgan fingerprint density at radius 3 is 1.65 bits per heavy atom. The van der Waals surface area contributed by atoms with E-state index in [0.29, 0.717) is 13.2 Å². The Bertz CT molecular complexity index is 285. The van der Waals surface area contributed by atoms with Crippen molar-refractivity contribution in [1.29, 1.82) is 0 Å². The third-order valence-electron chi connectivity index (χ3n) is 3.95. The lowest BCUT2D eigenvalue weighted by Crippen LogP contribution is -2.21. The maximum absolute atomic E-state index is 9.70. The number of ether oxygens (including phenoxy) is 1. The van der Waals surface area contributed by atoms with Crippen molar-refractivity contribution < 1.29 is 20.1 Å². The SMILES string of the molecule is CC=CC=CCO.CCCCCCC(O)COCC(O)CCCCCC. The second-order valence-corrected chi connectivity index (χ2v) is 6.68. The predicted molar refractivity (Wildman–Crippen MR) is 111 cm³/mol. The Morgan fingerprint density at radius 2 is 1.27 bits per heavy atom. The van der Waals surface area contributed by atoms with Gasteiger partial charge in [0.05, 0.1) is 32.0 Å². The molecule has 26 heavy (non-hydrogen) atoms. The van der Waals surface area contributed by atoms with Crippen LogP contribution in [0.2, 0.25) is 0 Å². The van der Waals surface area contributed by atoms with Gasteiger partial charge < -0.3 is 20.1 Å². The molecule has 156 valence electrons. The van der Waals surface area contributed by atoms with E-state index in [4.69, 9.17) is 9.84 Å². The van der Waals surface area contributed by atoms with E-state index in [0.717, 1.165) is 25.7 Å². The lowest BCUT2D eigenvalue weighted by atomic mass is 10.1. The summed E-state index contributed by atoms with van der Waals surface area (Å²) in [6.07, 6.45) is 17.6. The molecule has 0 bridgehead atoms. The van der Waals surface area contributed by atoms with E-state index >= 15 is 0 Å². The van der Waals surface area contributed by atoms with Crippen molar-refractivity contribution in [1.82, 2.24) is 0 Å². The average molecular weight is 373 g/mol. The van der Waals surface area contributed by atoms with Crippen LogP contribution >= 0.6 is 0 Å². The maximum Gasteiger partial charge on any atom is 0.0773 e. The van der Waals surface area contributed by atoms with Crippen molar-refractivity contribution in [3.05, 3.63) is 24.3 Å². The van der Waals surface area contributed by atoms with E-state index in [2.05, 4.69) is 13.8 Å². The minimum atomic E-state index is -0.371. The van der Waals surface area contributed by atoms with Crippen LogP contribution in [0.15, 0.2) is 24.3 Å². The van der Waals surface area contributed by atoms with E-state index in [1.54, 1.807) is 12.2 Å². The summed E-state index contributed by atoms with van der Waals surface area (Å²) in [6, 6.07) is 0. The number of unbranched alkanes of at least 4 members (excludes halogenated alkanes) is 6. The standard InChI is InChI=1S/C16H34O3.C6H10O/c1-3-5-7-9-11-15(17)13-19-14-16(18)12-10-8-6-4-2;1-2-3-4-5-6-7/h15-18H,3-14H2,1-2H3;2-5,7H,6H2,1H3. The van der Waals surface area contributed by atoms with Gasteiger partial charge in [-0.25, -0.2) is 0 Å². The number of rotatable bonds is 16. The highest BCUT2D eigenvalue weighted by Crippen LogP contribution is 2.08. The van der Waals surface area contributed by atoms with Gasteiger partial charge >= 0.3 is 0 Å². The monoisotopic (exact) mass is 372 g/mol. The Kier molecular flexibility index (Phi) is 25.8. The summed E-state index contributed by atoms with van der Waals surface area (Å²) >= 11 is 0. The van der Waals surface area contributed by atoms with E-state index in [1.807, 2.05) is 19.1 Å². The van der Waals surface area contributed by atoms with Gasteiger partial charge in [-0.05, 0) is 19.8 Å². The molecule has 0 rings (SSSR count). The molecule has 2 unspecified atom stereocenters. The molecule has 0 aliphatic carbocycles. The van der Waals surface area contributed by atoms with Crippen LogP contribution in [0.3, 0.4) is 0 Å². The predicted octanol–water partition coefficient (Wildman–Crippen LogP) is 4.78. The van der Waals surface area contributed by atoms with Gasteiger partial charge in [0.25, 0.3) is 0 Å². The summed E-state index contributed by atoms with van der Waals surface area (Å²) in [6.45, 7) is 7.14. The minimum absolute atomic E-state index is 0.129. The molecule has 0 aromatic rings. The third kappa shape index (κ3) is 25.6. The summed E-state index contributed by atoms with van der Waals surface area (Å²) in [5.74, 6) is 0. The van der Waals surface area contributed by atoms with E-state index in [9.17, 15) is 10.2 Å². The Morgan fingerprint density at radius 1 is 0.769 bits per heavy atom. The minimum Gasteiger partial charge on any atom is -0.392 e. The largest absolute Gasteiger partial charge is 0.392 e. The molecule has 0 spiro atoms. The summed E-state index contributed by atoms with van der Waals surface area (Å²) in [4.78, 5) is 0. The fourth-order valence-corrected chi connectivity index (χ4v) is 2.37. The van der Waals surface area contributed by atoms with Gasteiger partial charge in [-0.3, -0.25) is 0 Å². The maximum atomic E-state index is 9.70. The summed E-state index contributed by atoms with van der Waals surface area (Å²) < 4.78 is 5.37. The van der Waals surface area contributed by atoms with E-state index in [1.165, 1.54) is 38.5 Å². The van der Waals surface area contributed by atoms with Gasteiger partial charge in [0.15, 0.2) is 0 Å². The number of aliphatic hydroxyl groups excluding tert-OH is 3. The molecule has 0 amide bonds. The van der Waals surface area contributed by atoms with Crippen LogP contribution in [-0.4, -0.2) is 47.3 Å². The van der Waals surface area contributed by atoms with Crippen LogP contribution in [0, 0.1) is 0 Å². The van der Waals surface area contributed by atoms with Crippen molar-refractivity contribution >= 4 is 0 Å². The highest BCUT2D eigenvalue weighted by atomic mass is 16.5. The van der Waals surface area contributed by atoms with Crippen molar-refractivity contribution in [3.63, 3.8) is 0 Å². The van der Waals surface area contributed by atoms with Crippen molar-refractivity contribution in [2.45, 2.75) is 97.2 Å². The normalized spacial score (nSPS) is 13.8. The molecule has 3 N–H and O–H groups in total. The molecule has 0 fully saturated rings. The highest BCUT2D eigenvalue weighted by Gasteiger charge is 2.07. The average Bonchev–Trinajstić information content (AvgIpc) is 2.63. The van der Waals surface area contributed by atoms with Crippen molar-refractivity contribution in [2.75, 3.05) is 19.8 Å². The summed E-state index contributed by atoms with van der Waals surface area (Å²) in [5.41, 5.74) is 0. The number of hydrogen-bond donors (Lipinski definition) is 3. The summed E-state index contributed by atoms with van der Waals surface area (Å²) in [5, 5.41) is 27.6. The quantitative estimate of drug-likeness (QED) is 0.269. The molecule has 0 aromatic heterocycles. The topological polar surface area (TPSA) is 69.9 Å². The molecule has 0 heterocycles. The second-order valence-electron chi connectivity index (χ2n) is 6.68. The fourth-order valence-electron chi connectivity index (χ4n) is 2.37. The first kappa shape index (κ1) is 27.5. The Hall–Kier alpha value is -0.680. The molecule has 0 radical (unpaired) electrons. The molecule has 2 atom stereocenters. The van der Waals surface area contributed by atoms with Gasteiger partial charge in [0.1, 0.15) is 0 Å². The zero-order valence-electron chi connectivity index (χ0n) is 17.4. The molecule has 0 aliphatic rings. The van der Waals surface area contributed by atoms with Gasteiger partial charge in [-0.15, -0.1) is 0 Å². The molecule has 4 heteroatoms. The smallest absolute Gasteiger partial charge is 0.0773 e. The zero-order valence-corrected chi connectivity index (χ0v) is 17.4. The molecular formula is C22H44O4. The first-order valence-corrected chi connectivity index (χ1v) is 10.4. The zero-order chi connectivity index (χ0) is 19.9. The molecule has 4 nitrogen and oxygen atoms in total. The van der Waals surface area contributed by atoms with Crippen LogP contribution in [0.25, 0.3) is 0 Å². The second kappa shape index (κ2) is 24.3. The Labute approximate surface area is 162 Å². The van der Waals surface area contributed by atoms with Crippen LogP contribution in [0.4, 0.5) is 0 Å². The van der Waals surface area contributed by atoms with Gasteiger partial charge in [-0.2, -0.15) is 0 Å². The highest BCUT2D eigenvalue weighted by molar-refractivity contribution is 5.00. The molecule has 0 aliphatic heterocycles. The van der Waals surface area contributed by atoms with Crippen LogP contribution in [0.1, 0.15) is 85.0 Å². The van der Waals surface area contributed by atoms with Gasteiger partial charge in [0, 0.05) is 0 Å². The molecular weight excluding hydrogens is 328 g/mol. The molecule has 0 saturated heterocycles. The van der Waals surface area contributed by atoms with E-state index in [-0.39, 0.29) is 18.8 Å². The summed E-state index contributed by atoms with van der Waals surface area (Å²) in [7, 11) is 0. The number of hydrogen-bond acceptors (Lipinski definition) is 4. The van der Waals surface area contributed by atoms with Crippen LogP contribution < -0.4 is 0 Å². The van der Waals surface area contributed by atoms with Crippen molar-refractivity contribution in [3.8, 4) is 0 Å². The van der Waals surface area contributed by atoms with Crippen molar-refractivity contribution in [2.24, 2.45) is 0 Å². The molecule has 0 aromatic carbocycles. The number of allylic oxidation sites excluding steroid dienone is 3. The fraction of sp³-hybridized carbons (Fsp3) is 0.818. The molecule has 0 saturated carbocycles. The van der Waals surface area contributed by atoms with Gasteiger partial charge in [0.2, 0.25) is 0 Å². The third-order valence-corrected chi connectivity index (χ3v) is 3.95. The Balaban J connectivity index is 0. The van der Waals surface area contributed by atoms with E-state index < -0.39 is 0 Å². The first-order valence-electron chi connectivity index (χ1n) is 10.4. The van der Waals surface area contributed by atoms with Gasteiger partial charge in [-0.1, -0.05) is 89.5 Å². The lowest BCUT2D eigenvalue weighted by Gasteiger charge is -2.14. The number of aliphatic hydroxyl groups is 3. The van der Waals surface area contributed by atoms with Crippen LogP contribution in [0.5, 0.6) is 0 Å².